The highest BCUT2D eigenvalue weighted by Crippen LogP contribution is 2.18. The topological polar surface area (TPSA) is 21.7 Å². The number of ether oxygens (including phenoxy) is 2. The molecule has 0 bridgehead atoms. The minimum absolute atomic E-state index is 0.242. The van der Waals surface area contributed by atoms with Crippen molar-refractivity contribution in [1.29, 1.82) is 0 Å². The molecule has 3 heteroatoms. The summed E-state index contributed by atoms with van der Waals surface area (Å²) >= 11 is 0. The van der Waals surface area contributed by atoms with Gasteiger partial charge in [-0.15, -0.1) is 0 Å². The molecule has 3 nitrogen and oxygen atoms in total. The van der Waals surface area contributed by atoms with Crippen LogP contribution in [-0.4, -0.2) is 50.5 Å². The van der Waals surface area contributed by atoms with Gasteiger partial charge in [0, 0.05) is 26.3 Å². The van der Waals surface area contributed by atoms with E-state index in [0.29, 0.717) is 0 Å². The lowest BCUT2D eigenvalue weighted by Gasteiger charge is -2.36. The Morgan fingerprint density at radius 1 is 0.467 bits per heavy atom. The first-order chi connectivity index (χ1) is 22.3. The van der Waals surface area contributed by atoms with Crippen molar-refractivity contribution < 1.29 is 9.47 Å². The number of piperidine rings is 1. The molecule has 0 radical (unpaired) electrons. The molecule has 0 aromatic heterocycles. The largest absolute Gasteiger partial charge is 0.375 e. The zero-order chi connectivity index (χ0) is 32.3. The predicted octanol–water partition coefficient (Wildman–Crippen LogP) is 12.7. The first-order valence-corrected chi connectivity index (χ1v) is 19.8. The number of likely N-dealkylation sites (N-methyl/N-ethyl adjacent to an activating group) is 1. The van der Waals surface area contributed by atoms with Gasteiger partial charge in [0.15, 0.2) is 0 Å². The summed E-state index contributed by atoms with van der Waals surface area (Å²) in [5.74, 6) is 0. The van der Waals surface area contributed by atoms with Crippen LogP contribution >= 0.6 is 0 Å². The van der Waals surface area contributed by atoms with E-state index in [0.717, 1.165) is 45.6 Å². The van der Waals surface area contributed by atoms with Crippen LogP contribution in [0.5, 0.6) is 0 Å². The first-order valence-electron chi connectivity index (χ1n) is 19.8. The van der Waals surface area contributed by atoms with Gasteiger partial charge in [0.2, 0.25) is 0 Å². The molecule has 1 aliphatic heterocycles. The van der Waals surface area contributed by atoms with Crippen LogP contribution in [0.25, 0.3) is 0 Å². The van der Waals surface area contributed by atoms with Gasteiger partial charge in [-0.25, -0.2) is 0 Å². The zero-order valence-corrected chi connectivity index (χ0v) is 30.5. The van der Waals surface area contributed by atoms with Gasteiger partial charge in [-0.3, -0.25) is 0 Å². The Hall–Kier alpha value is -1.16. The number of likely N-dealkylation sites (tertiary alicyclic amines) is 1. The number of nitrogens with zero attached hydrogens (tertiary/aromatic N) is 1. The molecule has 0 aromatic carbocycles. The maximum absolute atomic E-state index is 6.38. The predicted molar refractivity (Wildman–Crippen MR) is 200 cm³/mol. The lowest BCUT2D eigenvalue weighted by molar-refractivity contribution is -0.106. The number of allylic oxidation sites excluding steroid dienone is 8. The van der Waals surface area contributed by atoms with Crippen molar-refractivity contribution in [3.05, 3.63) is 48.6 Å². The third-order valence-corrected chi connectivity index (χ3v) is 9.06. The second kappa shape index (κ2) is 34.2. The molecule has 2 atom stereocenters. The normalized spacial score (nSPS) is 18.1. The minimum Gasteiger partial charge on any atom is -0.375 e. The summed E-state index contributed by atoms with van der Waals surface area (Å²) in [6.07, 6.45) is 51.3. The summed E-state index contributed by atoms with van der Waals surface area (Å²) in [4.78, 5) is 2.41. The molecule has 0 aliphatic carbocycles. The van der Waals surface area contributed by atoms with Gasteiger partial charge in [-0.05, 0) is 90.5 Å². The molecule has 45 heavy (non-hydrogen) atoms. The average molecular weight is 628 g/mol. The number of unbranched alkanes of at least 4 members (excludes halogenated alkanes) is 18. The van der Waals surface area contributed by atoms with Crippen LogP contribution in [0.3, 0.4) is 0 Å². The van der Waals surface area contributed by atoms with Crippen LogP contribution in [0.2, 0.25) is 0 Å². The second-order valence-corrected chi connectivity index (χ2v) is 13.5. The summed E-state index contributed by atoms with van der Waals surface area (Å²) in [6, 6.07) is 0. The fraction of sp³-hybridized carbons (Fsp3) is 0.810. The fourth-order valence-electron chi connectivity index (χ4n) is 6.05. The Labute approximate surface area is 282 Å². The molecule has 1 fully saturated rings. The molecule has 1 saturated heterocycles. The van der Waals surface area contributed by atoms with Crippen LogP contribution < -0.4 is 0 Å². The average Bonchev–Trinajstić information content (AvgIpc) is 3.04. The molecule has 262 valence electrons. The third-order valence-electron chi connectivity index (χ3n) is 9.06. The molecule has 0 aromatic rings. The van der Waals surface area contributed by atoms with E-state index in [1.807, 2.05) is 0 Å². The van der Waals surface area contributed by atoms with E-state index in [2.05, 4.69) is 74.4 Å². The van der Waals surface area contributed by atoms with Gasteiger partial charge in [-0.1, -0.05) is 140 Å². The highest BCUT2D eigenvalue weighted by atomic mass is 16.5. The third kappa shape index (κ3) is 28.8. The molecular weight excluding hydrogens is 550 g/mol. The smallest absolute Gasteiger partial charge is 0.0963 e. The summed E-state index contributed by atoms with van der Waals surface area (Å²) in [7, 11) is 2.22. The maximum Gasteiger partial charge on any atom is 0.0963 e. The molecular formula is C42H77NO2. The van der Waals surface area contributed by atoms with E-state index < -0.39 is 0 Å². The minimum atomic E-state index is 0.242. The molecule has 0 spiro atoms. The van der Waals surface area contributed by atoms with Crippen LogP contribution in [0.4, 0.5) is 0 Å². The summed E-state index contributed by atoms with van der Waals surface area (Å²) in [5.41, 5.74) is 0. The van der Waals surface area contributed by atoms with Crippen molar-refractivity contribution in [3.63, 3.8) is 0 Å². The Balaban J connectivity index is 1.95. The van der Waals surface area contributed by atoms with Gasteiger partial charge in [0.1, 0.15) is 0 Å². The monoisotopic (exact) mass is 628 g/mol. The summed E-state index contributed by atoms with van der Waals surface area (Å²) < 4.78 is 12.7. The second-order valence-electron chi connectivity index (χ2n) is 13.5. The highest BCUT2D eigenvalue weighted by molar-refractivity contribution is 4.93. The van der Waals surface area contributed by atoms with Crippen molar-refractivity contribution in [1.82, 2.24) is 4.90 Å². The Kier molecular flexibility index (Phi) is 31.8. The van der Waals surface area contributed by atoms with E-state index in [1.165, 1.54) is 141 Å². The standard InChI is InChI=1S/C42H77NO2/c1-4-6-8-10-12-14-16-18-20-22-24-26-28-30-32-34-38-44-41-36-37-43(3)40-42(41)45-39-35-33-31-29-27-25-23-21-19-17-15-13-11-9-7-5-2/h12-15,18-21,41-42H,4-11,16-17,22-40H2,1-3H3. The maximum atomic E-state index is 6.38. The lowest BCUT2D eigenvalue weighted by atomic mass is 10.0. The number of hydrogen-bond donors (Lipinski definition) is 0. The van der Waals surface area contributed by atoms with Crippen LogP contribution in [0.1, 0.15) is 174 Å². The molecule has 1 rings (SSSR count). The van der Waals surface area contributed by atoms with E-state index in [-0.39, 0.29) is 12.2 Å². The van der Waals surface area contributed by atoms with Crippen molar-refractivity contribution in [2.24, 2.45) is 0 Å². The Morgan fingerprint density at radius 2 is 0.844 bits per heavy atom. The fourth-order valence-corrected chi connectivity index (χ4v) is 6.05. The Morgan fingerprint density at radius 3 is 1.29 bits per heavy atom. The first kappa shape index (κ1) is 41.9. The van der Waals surface area contributed by atoms with E-state index in [4.69, 9.17) is 9.47 Å². The quantitative estimate of drug-likeness (QED) is 0.0547. The van der Waals surface area contributed by atoms with Gasteiger partial charge in [0.25, 0.3) is 0 Å². The number of rotatable bonds is 32. The van der Waals surface area contributed by atoms with Crippen LogP contribution in [0.15, 0.2) is 48.6 Å². The molecule has 2 unspecified atom stereocenters. The van der Waals surface area contributed by atoms with Crippen LogP contribution in [-0.2, 0) is 9.47 Å². The van der Waals surface area contributed by atoms with Crippen LogP contribution in [0, 0.1) is 0 Å². The molecule has 1 aliphatic rings. The molecule has 0 saturated carbocycles. The SMILES string of the molecule is CCCCCC=CCC=CCCCCCCCCOC1CCN(C)CC1OCCCCCCCCC=CCC=CCCCCC. The van der Waals surface area contributed by atoms with E-state index in [1.54, 1.807) is 0 Å². The van der Waals surface area contributed by atoms with Gasteiger partial charge >= 0.3 is 0 Å². The molecule has 1 heterocycles. The molecule has 0 N–H and O–H groups in total. The van der Waals surface area contributed by atoms with E-state index in [9.17, 15) is 0 Å². The highest BCUT2D eigenvalue weighted by Gasteiger charge is 2.28. The molecule has 0 amide bonds. The van der Waals surface area contributed by atoms with Gasteiger partial charge < -0.3 is 14.4 Å². The van der Waals surface area contributed by atoms with Crippen molar-refractivity contribution in [2.45, 2.75) is 187 Å². The number of hydrogen-bond acceptors (Lipinski definition) is 3. The summed E-state index contributed by atoms with van der Waals surface area (Å²) in [6.45, 7) is 8.45. The van der Waals surface area contributed by atoms with E-state index >= 15 is 0 Å². The van der Waals surface area contributed by atoms with Gasteiger partial charge in [-0.2, -0.15) is 0 Å². The lowest BCUT2D eigenvalue weighted by Crippen LogP contribution is -2.47. The Bertz CT molecular complexity index is 711. The van der Waals surface area contributed by atoms with Crippen molar-refractivity contribution >= 4 is 0 Å². The zero-order valence-electron chi connectivity index (χ0n) is 30.5. The van der Waals surface area contributed by atoms with Gasteiger partial charge in [0.05, 0.1) is 12.2 Å². The van der Waals surface area contributed by atoms with Crippen molar-refractivity contribution in [3.8, 4) is 0 Å². The van der Waals surface area contributed by atoms with Crippen molar-refractivity contribution in [2.75, 3.05) is 33.4 Å². The summed E-state index contributed by atoms with van der Waals surface area (Å²) in [5, 5.41) is 0.